The summed E-state index contributed by atoms with van der Waals surface area (Å²) in [5, 5.41) is 19.2. The number of halogens is 5. The van der Waals surface area contributed by atoms with Gasteiger partial charge < -0.3 is 10.2 Å². The molecule has 1 aromatic rings. The van der Waals surface area contributed by atoms with Crippen LogP contribution in [0.15, 0.2) is 22.7 Å². The van der Waals surface area contributed by atoms with Crippen LogP contribution in [0.3, 0.4) is 0 Å². The summed E-state index contributed by atoms with van der Waals surface area (Å²) in [6.07, 6.45) is -7.01. The van der Waals surface area contributed by atoms with Crippen molar-refractivity contribution >= 4 is 27.5 Å². The van der Waals surface area contributed by atoms with Gasteiger partial charge in [0, 0.05) is 10.4 Å². The highest BCUT2D eigenvalue weighted by Gasteiger charge is 2.34. The van der Waals surface area contributed by atoms with Gasteiger partial charge in [-0.3, -0.25) is 0 Å². The Morgan fingerprint density at radius 2 is 1.89 bits per heavy atom. The Hall–Kier alpha value is -0.300. The van der Waals surface area contributed by atoms with Crippen molar-refractivity contribution in [2.45, 2.75) is 24.8 Å². The molecule has 0 amide bonds. The highest BCUT2D eigenvalue weighted by Crippen LogP contribution is 2.36. The first-order valence-corrected chi connectivity index (χ1v) is 6.39. The monoisotopic (exact) mass is 346 g/mol. The second kappa shape index (κ2) is 6.23. The van der Waals surface area contributed by atoms with E-state index in [1.807, 2.05) is 0 Å². The van der Waals surface area contributed by atoms with Gasteiger partial charge in [0.2, 0.25) is 0 Å². The Morgan fingerprint density at radius 3 is 2.39 bits per heavy atom. The molecule has 0 aliphatic carbocycles. The van der Waals surface area contributed by atoms with E-state index in [1.165, 1.54) is 12.1 Å². The first-order valence-electron chi connectivity index (χ1n) is 5.06. The molecule has 2 atom stereocenters. The lowest BCUT2D eigenvalue weighted by Gasteiger charge is -2.19. The first kappa shape index (κ1) is 15.8. The van der Waals surface area contributed by atoms with Crippen LogP contribution in [0.25, 0.3) is 0 Å². The van der Waals surface area contributed by atoms with Crippen molar-refractivity contribution in [1.29, 1.82) is 0 Å². The number of alkyl halides is 4. The summed E-state index contributed by atoms with van der Waals surface area (Å²) in [6.45, 7) is 0. The second-order valence-electron chi connectivity index (χ2n) is 3.73. The molecular weight excluding hydrogens is 336 g/mol. The third-order valence-electron chi connectivity index (χ3n) is 2.41. The molecule has 0 aliphatic heterocycles. The standard InChI is InChI=1S/C11H11BrClF3O2/c12-8-2-1-6(5-7(8)11(14,15)16)10(18)9(17)3-4-13/h1-2,5,9-10,17-18H,3-4H2. The predicted molar refractivity (Wildman–Crippen MR) is 65.4 cm³/mol. The van der Waals surface area contributed by atoms with E-state index in [9.17, 15) is 23.4 Å². The van der Waals surface area contributed by atoms with Gasteiger partial charge in [0.1, 0.15) is 6.10 Å². The van der Waals surface area contributed by atoms with Crippen molar-refractivity contribution in [2.24, 2.45) is 0 Å². The lowest BCUT2D eigenvalue weighted by Crippen LogP contribution is -2.19. The SMILES string of the molecule is OC(CCCl)C(O)c1ccc(Br)c(C(F)(F)F)c1. The number of hydrogen-bond donors (Lipinski definition) is 2. The molecule has 2 unspecified atom stereocenters. The fraction of sp³-hybridized carbons (Fsp3) is 0.455. The molecule has 0 aromatic heterocycles. The van der Waals surface area contributed by atoms with Crippen molar-refractivity contribution in [3.63, 3.8) is 0 Å². The highest BCUT2D eigenvalue weighted by atomic mass is 79.9. The van der Waals surface area contributed by atoms with Crippen LogP contribution >= 0.6 is 27.5 Å². The molecule has 102 valence electrons. The fourth-order valence-corrected chi connectivity index (χ4v) is 2.13. The summed E-state index contributed by atoms with van der Waals surface area (Å²) < 4.78 is 37.8. The van der Waals surface area contributed by atoms with E-state index < -0.39 is 23.9 Å². The Morgan fingerprint density at radius 1 is 1.28 bits per heavy atom. The van der Waals surface area contributed by atoms with Crippen LogP contribution in [0.4, 0.5) is 13.2 Å². The van der Waals surface area contributed by atoms with Crippen LogP contribution in [0.1, 0.15) is 23.7 Å². The molecule has 7 heteroatoms. The third kappa shape index (κ3) is 3.85. The molecule has 18 heavy (non-hydrogen) atoms. The van der Waals surface area contributed by atoms with Gasteiger partial charge in [0.15, 0.2) is 0 Å². The molecule has 0 aliphatic rings. The maximum Gasteiger partial charge on any atom is 0.417 e. The van der Waals surface area contributed by atoms with E-state index >= 15 is 0 Å². The quantitative estimate of drug-likeness (QED) is 0.819. The van der Waals surface area contributed by atoms with Gasteiger partial charge in [-0.1, -0.05) is 22.0 Å². The van der Waals surface area contributed by atoms with Crippen LogP contribution in [0.2, 0.25) is 0 Å². The van der Waals surface area contributed by atoms with Crippen molar-refractivity contribution in [3.8, 4) is 0 Å². The van der Waals surface area contributed by atoms with Crippen LogP contribution in [-0.2, 0) is 6.18 Å². The normalized spacial score (nSPS) is 15.5. The zero-order valence-electron chi connectivity index (χ0n) is 9.09. The molecule has 1 aromatic carbocycles. The van der Waals surface area contributed by atoms with Gasteiger partial charge in [0.25, 0.3) is 0 Å². The zero-order chi connectivity index (χ0) is 13.9. The molecule has 0 fully saturated rings. The highest BCUT2D eigenvalue weighted by molar-refractivity contribution is 9.10. The Balaban J connectivity index is 3.05. The smallest absolute Gasteiger partial charge is 0.390 e. The van der Waals surface area contributed by atoms with Crippen LogP contribution < -0.4 is 0 Å². The van der Waals surface area contributed by atoms with Gasteiger partial charge in [0.05, 0.1) is 11.7 Å². The average Bonchev–Trinajstić information content (AvgIpc) is 2.27. The summed E-state index contributed by atoms with van der Waals surface area (Å²) in [5.74, 6) is 0.112. The minimum Gasteiger partial charge on any atom is -0.390 e. The topological polar surface area (TPSA) is 40.5 Å². The Labute approximate surface area is 116 Å². The molecule has 0 heterocycles. The van der Waals surface area contributed by atoms with Crippen molar-refractivity contribution in [1.82, 2.24) is 0 Å². The average molecular weight is 348 g/mol. The third-order valence-corrected chi connectivity index (χ3v) is 3.32. The fourth-order valence-electron chi connectivity index (χ4n) is 1.44. The van der Waals surface area contributed by atoms with Crippen LogP contribution in [-0.4, -0.2) is 22.2 Å². The lowest BCUT2D eigenvalue weighted by atomic mass is 10.0. The predicted octanol–water partition coefficient (Wildman–Crippen LogP) is 3.49. The van der Waals surface area contributed by atoms with E-state index in [2.05, 4.69) is 15.9 Å². The van der Waals surface area contributed by atoms with Gasteiger partial charge >= 0.3 is 6.18 Å². The lowest BCUT2D eigenvalue weighted by molar-refractivity contribution is -0.138. The van der Waals surface area contributed by atoms with Gasteiger partial charge in [-0.25, -0.2) is 0 Å². The first-order chi connectivity index (χ1) is 8.27. The molecule has 0 radical (unpaired) electrons. The molecule has 0 bridgehead atoms. The number of benzene rings is 1. The molecule has 0 saturated heterocycles. The summed E-state index contributed by atoms with van der Waals surface area (Å²) in [6, 6.07) is 3.32. The largest absolute Gasteiger partial charge is 0.417 e. The zero-order valence-corrected chi connectivity index (χ0v) is 11.4. The molecule has 1 rings (SSSR count). The molecule has 0 saturated carbocycles. The van der Waals surface area contributed by atoms with Crippen molar-refractivity contribution in [2.75, 3.05) is 5.88 Å². The molecule has 2 N–H and O–H groups in total. The summed E-state index contributed by atoms with van der Waals surface area (Å²) >= 11 is 8.20. The molecule has 2 nitrogen and oxygen atoms in total. The van der Waals surface area contributed by atoms with E-state index in [0.29, 0.717) is 0 Å². The number of aliphatic hydroxyl groups excluding tert-OH is 2. The minimum atomic E-state index is -4.52. The van der Waals surface area contributed by atoms with Crippen LogP contribution in [0.5, 0.6) is 0 Å². The number of hydrogen-bond acceptors (Lipinski definition) is 2. The summed E-state index contributed by atoms with van der Waals surface area (Å²) in [5.41, 5.74) is -0.889. The van der Waals surface area contributed by atoms with Gasteiger partial charge in [-0.05, 0) is 24.1 Å². The summed E-state index contributed by atoms with van der Waals surface area (Å²) in [4.78, 5) is 0. The van der Waals surface area contributed by atoms with Crippen molar-refractivity contribution in [3.05, 3.63) is 33.8 Å². The maximum atomic E-state index is 12.6. The maximum absolute atomic E-state index is 12.6. The van der Waals surface area contributed by atoms with Gasteiger partial charge in [-0.2, -0.15) is 13.2 Å². The molecular formula is C11H11BrClF3O2. The minimum absolute atomic E-state index is 0.00291. The summed E-state index contributed by atoms with van der Waals surface area (Å²) in [7, 11) is 0. The number of aliphatic hydroxyl groups is 2. The Bertz CT molecular complexity index is 412. The van der Waals surface area contributed by atoms with E-state index in [4.69, 9.17) is 11.6 Å². The number of rotatable bonds is 4. The van der Waals surface area contributed by atoms with Crippen molar-refractivity contribution < 1.29 is 23.4 Å². The second-order valence-corrected chi connectivity index (χ2v) is 4.96. The van der Waals surface area contributed by atoms with E-state index in [0.717, 1.165) is 6.07 Å². The van der Waals surface area contributed by atoms with Crippen LogP contribution in [0, 0.1) is 0 Å². The Kier molecular flexibility index (Phi) is 5.46. The molecule has 0 spiro atoms. The van der Waals surface area contributed by atoms with E-state index in [1.54, 1.807) is 0 Å². The van der Waals surface area contributed by atoms with E-state index in [-0.39, 0.29) is 22.3 Å². The van der Waals surface area contributed by atoms with Gasteiger partial charge in [-0.15, -0.1) is 11.6 Å².